The fourth-order valence-electron chi connectivity index (χ4n) is 3.63. The molecular formula is C19H40NO3+. The summed E-state index contributed by atoms with van der Waals surface area (Å²) in [6, 6.07) is 0. The van der Waals surface area contributed by atoms with Gasteiger partial charge in [-0.25, -0.2) is 0 Å². The number of carbonyl (C=O) groups is 1. The topological polar surface area (TPSA) is 57.5 Å². The Balaban J connectivity index is 4.46. The van der Waals surface area contributed by atoms with Crippen molar-refractivity contribution in [3.63, 3.8) is 0 Å². The van der Waals surface area contributed by atoms with E-state index in [0.717, 1.165) is 69.2 Å². The average Bonchev–Trinajstić information content (AvgIpc) is 2.48. The van der Waals surface area contributed by atoms with E-state index >= 15 is 0 Å². The molecule has 1 unspecified atom stereocenters. The Labute approximate surface area is 143 Å². The lowest BCUT2D eigenvalue weighted by atomic mass is 10.1. The van der Waals surface area contributed by atoms with E-state index in [9.17, 15) is 9.90 Å². The van der Waals surface area contributed by atoms with Gasteiger partial charge in [0.25, 0.3) is 0 Å². The van der Waals surface area contributed by atoms with Crippen LogP contribution in [0.1, 0.15) is 85.0 Å². The minimum Gasteiger partial charge on any atom is -0.481 e. The maximum atomic E-state index is 10.7. The molecule has 23 heavy (non-hydrogen) atoms. The van der Waals surface area contributed by atoms with Crippen molar-refractivity contribution in [3.8, 4) is 0 Å². The van der Waals surface area contributed by atoms with Gasteiger partial charge in [-0.15, -0.1) is 0 Å². The molecule has 0 aromatic rings. The van der Waals surface area contributed by atoms with Crippen LogP contribution < -0.4 is 0 Å². The number of aliphatic hydroxyl groups excluding tert-OH is 1. The van der Waals surface area contributed by atoms with Gasteiger partial charge in [0.2, 0.25) is 0 Å². The molecule has 0 amide bonds. The molecule has 0 saturated carbocycles. The van der Waals surface area contributed by atoms with Crippen LogP contribution in [0.2, 0.25) is 0 Å². The highest BCUT2D eigenvalue weighted by Crippen LogP contribution is 2.17. The third-order valence-electron chi connectivity index (χ3n) is 4.66. The van der Waals surface area contributed by atoms with Gasteiger partial charge in [0, 0.05) is 6.42 Å². The largest absolute Gasteiger partial charge is 0.481 e. The molecule has 0 rings (SSSR count). The lowest BCUT2D eigenvalue weighted by molar-refractivity contribution is -0.931. The second kappa shape index (κ2) is 13.8. The summed E-state index contributed by atoms with van der Waals surface area (Å²) in [4.78, 5) is 10.7. The maximum Gasteiger partial charge on any atom is 0.303 e. The van der Waals surface area contributed by atoms with E-state index in [1.54, 1.807) is 0 Å². The van der Waals surface area contributed by atoms with E-state index in [1.165, 1.54) is 19.3 Å². The second-order valence-electron chi connectivity index (χ2n) is 7.05. The van der Waals surface area contributed by atoms with Crippen LogP contribution in [0, 0.1) is 0 Å². The molecule has 4 nitrogen and oxygen atoms in total. The highest BCUT2D eigenvalue weighted by Gasteiger charge is 2.28. The predicted molar refractivity (Wildman–Crippen MR) is 96.6 cm³/mol. The van der Waals surface area contributed by atoms with E-state index in [4.69, 9.17) is 5.11 Å². The summed E-state index contributed by atoms with van der Waals surface area (Å²) >= 11 is 0. The van der Waals surface area contributed by atoms with Crippen LogP contribution in [0.15, 0.2) is 0 Å². The molecule has 2 N–H and O–H groups in total. The first kappa shape index (κ1) is 22.4. The molecule has 0 aliphatic rings. The number of rotatable bonds is 16. The average molecular weight is 331 g/mol. The Morgan fingerprint density at radius 3 is 2.04 bits per heavy atom. The number of unbranched alkanes of at least 4 members (excludes halogenated alkanes) is 4. The number of hydrogen-bond acceptors (Lipinski definition) is 2. The summed E-state index contributed by atoms with van der Waals surface area (Å²) in [7, 11) is 0. The van der Waals surface area contributed by atoms with Gasteiger partial charge in [0.15, 0.2) is 0 Å². The molecule has 0 radical (unpaired) electrons. The van der Waals surface area contributed by atoms with Crippen molar-refractivity contribution in [2.24, 2.45) is 0 Å². The van der Waals surface area contributed by atoms with E-state index in [2.05, 4.69) is 20.8 Å². The minimum atomic E-state index is -0.704. The van der Waals surface area contributed by atoms with Gasteiger partial charge in [0.05, 0.1) is 19.6 Å². The summed E-state index contributed by atoms with van der Waals surface area (Å²) in [6.07, 6.45) is 9.68. The van der Waals surface area contributed by atoms with E-state index in [-0.39, 0.29) is 12.5 Å². The molecule has 0 heterocycles. The summed E-state index contributed by atoms with van der Waals surface area (Å²) in [5.74, 6) is -0.704. The Morgan fingerprint density at radius 1 is 0.870 bits per heavy atom. The molecule has 0 saturated heterocycles. The summed E-state index contributed by atoms with van der Waals surface area (Å²) in [5.41, 5.74) is 0. The Hall–Kier alpha value is -0.610. The second-order valence-corrected chi connectivity index (χ2v) is 7.05. The quantitative estimate of drug-likeness (QED) is 0.329. The predicted octanol–water partition coefficient (Wildman–Crippen LogP) is 4.21. The summed E-state index contributed by atoms with van der Waals surface area (Å²) in [5, 5.41) is 19.3. The molecule has 0 bridgehead atoms. The zero-order chi connectivity index (χ0) is 17.6. The van der Waals surface area contributed by atoms with Crippen LogP contribution >= 0.6 is 0 Å². The first-order chi connectivity index (χ1) is 11.0. The van der Waals surface area contributed by atoms with Crippen molar-refractivity contribution in [1.82, 2.24) is 0 Å². The number of aliphatic hydroxyl groups is 1. The number of aliphatic carboxylic acids is 1. The van der Waals surface area contributed by atoms with E-state index in [1.807, 2.05) is 0 Å². The maximum absolute atomic E-state index is 10.7. The Bertz CT molecular complexity index is 288. The van der Waals surface area contributed by atoms with Crippen molar-refractivity contribution in [3.05, 3.63) is 0 Å². The molecule has 0 aromatic carbocycles. The lowest BCUT2D eigenvalue weighted by Crippen LogP contribution is -2.53. The number of quaternary nitrogens is 1. The van der Waals surface area contributed by atoms with Gasteiger partial charge in [-0.05, 0) is 32.1 Å². The van der Waals surface area contributed by atoms with Crippen molar-refractivity contribution >= 4 is 5.97 Å². The van der Waals surface area contributed by atoms with E-state index in [0.29, 0.717) is 0 Å². The number of carboxylic acid groups (broad SMARTS) is 1. The number of hydrogen-bond donors (Lipinski definition) is 2. The standard InChI is InChI=1S/C19H39NO3/c1-4-7-8-9-12-18(21)17-20(14-5-2,15-6-3)16-11-10-13-19(22)23/h18,21H,4-17H2,1-3H3/p+1. The minimum absolute atomic E-state index is 0.218. The van der Waals surface area contributed by atoms with Crippen LogP contribution in [-0.4, -0.2) is 52.9 Å². The molecular weight excluding hydrogens is 290 g/mol. The van der Waals surface area contributed by atoms with Crippen LogP contribution in [0.3, 0.4) is 0 Å². The van der Waals surface area contributed by atoms with Crippen molar-refractivity contribution in [2.45, 2.75) is 91.1 Å². The third-order valence-corrected chi connectivity index (χ3v) is 4.66. The molecule has 0 aliphatic carbocycles. The molecule has 4 heteroatoms. The molecule has 0 aromatic heterocycles. The zero-order valence-electron chi connectivity index (χ0n) is 15.7. The monoisotopic (exact) mass is 330 g/mol. The van der Waals surface area contributed by atoms with Gasteiger partial charge in [0.1, 0.15) is 12.6 Å². The van der Waals surface area contributed by atoms with E-state index < -0.39 is 5.97 Å². The van der Waals surface area contributed by atoms with Crippen molar-refractivity contribution in [2.75, 3.05) is 26.2 Å². The fourth-order valence-corrected chi connectivity index (χ4v) is 3.63. The molecule has 0 fully saturated rings. The highest BCUT2D eigenvalue weighted by molar-refractivity contribution is 5.66. The van der Waals surface area contributed by atoms with Gasteiger partial charge in [-0.3, -0.25) is 4.79 Å². The molecule has 0 spiro atoms. The number of carboxylic acids is 1. The van der Waals surface area contributed by atoms with Crippen LogP contribution in [0.25, 0.3) is 0 Å². The summed E-state index contributed by atoms with van der Waals surface area (Å²) < 4.78 is 0.960. The van der Waals surface area contributed by atoms with Crippen molar-refractivity contribution in [1.29, 1.82) is 0 Å². The smallest absolute Gasteiger partial charge is 0.303 e. The Morgan fingerprint density at radius 2 is 1.52 bits per heavy atom. The highest BCUT2D eigenvalue weighted by atomic mass is 16.4. The van der Waals surface area contributed by atoms with Gasteiger partial charge >= 0.3 is 5.97 Å². The molecule has 138 valence electrons. The van der Waals surface area contributed by atoms with Crippen LogP contribution in [0.5, 0.6) is 0 Å². The first-order valence-corrected chi connectivity index (χ1v) is 9.74. The van der Waals surface area contributed by atoms with Crippen molar-refractivity contribution < 1.29 is 19.5 Å². The normalized spacial score (nSPS) is 13.2. The SMILES string of the molecule is CCCCCCC(O)C[N+](CCC)(CCC)CCCCC(=O)O. The Kier molecular flexibility index (Phi) is 13.4. The molecule has 0 aliphatic heterocycles. The third kappa shape index (κ3) is 11.5. The fraction of sp³-hybridized carbons (Fsp3) is 0.947. The number of nitrogens with zero attached hydrogens (tertiary/aromatic N) is 1. The lowest BCUT2D eigenvalue weighted by Gasteiger charge is -2.40. The molecule has 1 atom stereocenters. The van der Waals surface area contributed by atoms with Gasteiger partial charge in [-0.1, -0.05) is 46.5 Å². The van der Waals surface area contributed by atoms with Crippen LogP contribution in [0.4, 0.5) is 0 Å². The van der Waals surface area contributed by atoms with Gasteiger partial charge in [-0.2, -0.15) is 0 Å². The first-order valence-electron chi connectivity index (χ1n) is 9.74. The zero-order valence-corrected chi connectivity index (χ0v) is 15.7. The van der Waals surface area contributed by atoms with Crippen LogP contribution in [-0.2, 0) is 4.79 Å². The summed E-state index contributed by atoms with van der Waals surface area (Å²) in [6.45, 7) is 10.6. The van der Waals surface area contributed by atoms with Gasteiger partial charge < -0.3 is 14.7 Å².